The summed E-state index contributed by atoms with van der Waals surface area (Å²) in [6.07, 6.45) is 2.78. The van der Waals surface area contributed by atoms with Crippen LogP contribution in [0.25, 0.3) is 0 Å². The predicted octanol–water partition coefficient (Wildman–Crippen LogP) is 3.67. The largest absolute Gasteiger partial charge is 0.332 e. The fourth-order valence-corrected chi connectivity index (χ4v) is 2.14. The third-order valence-corrected chi connectivity index (χ3v) is 3.23. The van der Waals surface area contributed by atoms with Gasteiger partial charge in [-0.2, -0.15) is 0 Å². The molecule has 0 aliphatic rings. The van der Waals surface area contributed by atoms with Crippen molar-refractivity contribution in [2.45, 2.75) is 46.5 Å². The molecule has 23 heavy (non-hydrogen) atoms. The molecule has 1 aromatic rings. The Kier molecular flexibility index (Phi) is 8.26. The number of amides is 2. The quantitative estimate of drug-likeness (QED) is 0.665. The highest BCUT2D eigenvalue weighted by Crippen LogP contribution is 2.14. The molecule has 2 amide bonds. The summed E-state index contributed by atoms with van der Waals surface area (Å²) in [6, 6.07) is 7.19. The van der Waals surface area contributed by atoms with Crippen LogP contribution >= 0.6 is 12.2 Å². The van der Waals surface area contributed by atoms with Gasteiger partial charge in [-0.15, -0.1) is 0 Å². The highest BCUT2D eigenvalue weighted by atomic mass is 32.1. The van der Waals surface area contributed by atoms with Gasteiger partial charge in [0.1, 0.15) is 0 Å². The number of benzene rings is 1. The van der Waals surface area contributed by atoms with Gasteiger partial charge in [0.15, 0.2) is 5.11 Å². The summed E-state index contributed by atoms with van der Waals surface area (Å²) in [5.41, 5.74) is 1.49. The lowest BCUT2D eigenvalue weighted by Gasteiger charge is -2.11. The minimum atomic E-state index is -0.0816. The molecular formula is C17H25N3O2S. The van der Waals surface area contributed by atoms with E-state index in [1.165, 1.54) is 0 Å². The van der Waals surface area contributed by atoms with Crippen LogP contribution in [0.5, 0.6) is 0 Å². The molecule has 0 saturated carbocycles. The second-order valence-electron chi connectivity index (χ2n) is 5.83. The minimum Gasteiger partial charge on any atom is -0.332 e. The van der Waals surface area contributed by atoms with Crippen molar-refractivity contribution in [3.8, 4) is 0 Å². The van der Waals surface area contributed by atoms with Gasteiger partial charge in [0.2, 0.25) is 11.8 Å². The van der Waals surface area contributed by atoms with E-state index in [-0.39, 0.29) is 16.9 Å². The Labute approximate surface area is 143 Å². The molecule has 6 heteroatoms. The Morgan fingerprint density at radius 1 is 1.04 bits per heavy atom. The standard InChI is InChI=1S/C17H25N3O2S/c1-4-5-6-15(21)20-17(23)19-14-9-7-13(8-10-14)18-16(22)11-12(2)3/h7-10,12H,4-6,11H2,1-3H3,(H,18,22)(H2,19,20,21,23). The molecule has 126 valence electrons. The van der Waals surface area contributed by atoms with E-state index in [9.17, 15) is 9.59 Å². The maximum Gasteiger partial charge on any atom is 0.226 e. The summed E-state index contributed by atoms with van der Waals surface area (Å²) < 4.78 is 0. The number of anilines is 2. The highest BCUT2D eigenvalue weighted by Gasteiger charge is 2.06. The van der Waals surface area contributed by atoms with Crippen molar-refractivity contribution in [1.82, 2.24) is 5.32 Å². The first-order valence-corrected chi connectivity index (χ1v) is 8.32. The zero-order valence-corrected chi connectivity index (χ0v) is 14.8. The zero-order valence-electron chi connectivity index (χ0n) is 13.9. The number of thiocarbonyl (C=S) groups is 1. The molecule has 0 radical (unpaired) electrons. The monoisotopic (exact) mass is 335 g/mol. The van der Waals surface area contributed by atoms with Crippen LogP contribution < -0.4 is 16.0 Å². The van der Waals surface area contributed by atoms with Crippen molar-refractivity contribution >= 4 is 40.5 Å². The molecule has 0 spiro atoms. The number of rotatable bonds is 7. The molecule has 0 aliphatic heterocycles. The summed E-state index contributed by atoms with van der Waals surface area (Å²) in [5.74, 6) is 0.242. The molecule has 5 nitrogen and oxygen atoms in total. The molecule has 0 saturated heterocycles. The Morgan fingerprint density at radius 3 is 2.13 bits per heavy atom. The van der Waals surface area contributed by atoms with Crippen LogP contribution in [0, 0.1) is 5.92 Å². The van der Waals surface area contributed by atoms with Crippen molar-refractivity contribution in [1.29, 1.82) is 0 Å². The van der Waals surface area contributed by atoms with E-state index in [4.69, 9.17) is 12.2 Å². The maximum atomic E-state index is 11.7. The number of unbranched alkanes of at least 4 members (excludes halogenated alkanes) is 1. The normalized spacial score (nSPS) is 10.3. The second-order valence-corrected chi connectivity index (χ2v) is 6.24. The first kappa shape index (κ1) is 19.1. The summed E-state index contributed by atoms with van der Waals surface area (Å²) in [6.45, 7) is 6.04. The predicted molar refractivity (Wildman–Crippen MR) is 98.4 cm³/mol. The number of carbonyl (C=O) groups is 2. The van der Waals surface area contributed by atoms with Crippen LogP contribution in [0.2, 0.25) is 0 Å². The van der Waals surface area contributed by atoms with E-state index in [0.29, 0.717) is 18.8 Å². The van der Waals surface area contributed by atoms with Crippen molar-refractivity contribution in [2.75, 3.05) is 10.6 Å². The van der Waals surface area contributed by atoms with Gasteiger partial charge in [-0.05, 0) is 48.8 Å². The molecule has 0 fully saturated rings. The lowest BCUT2D eigenvalue weighted by atomic mass is 10.1. The topological polar surface area (TPSA) is 70.2 Å². The molecule has 0 unspecified atom stereocenters. The molecule has 0 aliphatic carbocycles. The van der Waals surface area contributed by atoms with Crippen LogP contribution in [0.3, 0.4) is 0 Å². The first-order valence-electron chi connectivity index (χ1n) is 7.91. The van der Waals surface area contributed by atoms with Gasteiger partial charge in [-0.1, -0.05) is 27.2 Å². The Bertz CT molecular complexity index is 541. The number of carbonyl (C=O) groups excluding carboxylic acids is 2. The molecule has 0 atom stereocenters. The third kappa shape index (κ3) is 8.30. The summed E-state index contributed by atoms with van der Waals surface area (Å²) in [7, 11) is 0. The average Bonchev–Trinajstić information content (AvgIpc) is 2.46. The van der Waals surface area contributed by atoms with Gasteiger partial charge < -0.3 is 16.0 Å². The van der Waals surface area contributed by atoms with Crippen molar-refractivity contribution in [3.05, 3.63) is 24.3 Å². The van der Waals surface area contributed by atoms with Crippen LogP contribution in [-0.4, -0.2) is 16.9 Å². The van der Waals surface area contributed by atoms with E-state index >= 15 is 0 Å². The van der Waals surface area contributed by atoms with E-state index in [0.717, 1.165) is 24.2 Å². The maximum absolute atomic E-state index is 11.7. The summed E-state index contributed by atoms with van der Waals surface area (Å²) in [4.78, 5) is 23.3. The minimum absolute atomic E-state index is 0.000539. The summed E-state index contributed by atoms with van der Waals surface area (Å²) in [5, 5.41) is 8.71. The van der Waals surface area contributed by atoms with E-state index < -0.39 is 0 Å². The lowest BCUT2D eigenvalue weighted by molar-refractivity contribution is -0.120. The molecule has 0 heterocycles. The first-order chi connectivity index (χ1) is 10.9. The Morgan fingerprint density at radius 2 is 1.61 bits per heavy atom. The molecule has 1 rings (SSSR count). The van der Waals surface area contributed by atoms with Gasteiger partial charge in [0, 0.05) is 24.2 Å². The zero-order chi connectivity index (χ0) is 17.2. The van der Waals surface area contributed by atoms with Gasteiger partial charge in [-0.3, -0.25) is 9.59 Å². The number of hydrogen-bond donors (Lipinski definition) is 3. The fourth-order valence-electron chi connectivity index (χ4n) is 1.91. The van der Waals surface area contributed by atoms with E-state index in [1.54, 1.807) is 24.3 Å². The fraction of sp³-hybridized carbons (Fsp3) is 0.471. The van der Waals surface area contributed by atoms with E-state index in [1.807, 2.05) is 20.8 Å². The Hall–Kier alpha value is -1.95. The number of nitrogens with one attached hydrogen (secondary N) is 3. The van der Waals surface area contributed by atoms with Crippen molar-refractivity contribution in [3.63, 3.8) is 0 Å². The van der Waals surface area contributed by atoms with Gasteiger partial charge in [-0.25, -0.2) is 0 Å². The molecule has 0 aromatic heterocycles. The van der Waals surface area contributed by atoms with Crippen molar-refractivity contribution in [2.24, 2.45) is 5.92 Å². The highest BCUT2D eigenvalue weighted by molar-refractivity contribution is 7.80. The second kappa shape index (κ2) is 9.94. The molecular weight excluding hydrogens is 310 g/mol. The van der Waals surface area contributed by atoms with Crippen LogP contribution in [-0.2, 0) is 9.59 Å². The average molecular weight is 335 g/mol. The van der Waals surface area contributed by atoms with E-state index in [2.05, 4.69) is 16.0 Å². The van der Waals surface area contributed by atoms with Gasteiger partial charge >= 0.3 is 0 Å². The van der Waals surface area contributed by atoms with Crippen LogP contribution in [0.4, 0.5) is 11.4 Å². The summed E-state index contributed by atoms with van der Waals surface area (Å²) >= 11 is 5.10. The molecule has 1 aromatic carbocycles. The number of hydrogen-bond acceptors (Lipinski definition) is 3. The van der Waals surface area contributed by atoms with Crippen LogP contribution in [0.1, 0.15) is 46.5 Å². The van der Waals surface area contributed by atoms with Gasteiger partial charge in [0.05, 0.1) is 0 Å². The van der Waals surface area contributed by atoms with Crippen LogP contribution in [0.15, 0.2) is 24.3 Å². The smallest absolute Gasteiger partial charge is 0.226 e. The molecule has 0 bridgehead atoms. The third-order valence-electron chi connectivity index (χ3n) is 3.03. The SMILES string of the molecule is CCCCC(=O)NC(=S)Nc1ccc(NC(=O)CC(C)C)cc1. The Balaban J connectivity index is 2.45. The lowest BCUT2D eigenvalue weighted by Crippen LogP contribution is -2.33. The van der Waals surface area contributed by atoms with Crippen molar-refractivity contribution < 1.29 is 9.59 Å². The molecule has 3 N–H and O–H groups in total. The van der Waals surface area contributed by atoms with Gasteiger partial charge in [0.25, 0.3) is 0 Å².